The van der Waals surface area contributed by atoms with E-state index in [-0.39, 0.29) is 18.4 Å². The van der Waals surface area contributed by atoms with Crippen molar-refractivity contribution in [3.63, 3.8) is 0 Å². The van der Waals surface area contributed by atoms with E-state index < -0.39 is 5.97 Å². The van der Waals surface area contributed by atoms with E-state index in [4.69, 9.17) is 9.84 Å². The molecule has 1 amide bonds. The number of likely N-dealkylation sites (N-methyl/N-ethyl adjacent to an activating group) is 1. The number of carbonyl (C=O) groups excluding carboxylic acids is 1. The molecular formula is C13H22N2O4. The third-order valence-corrected chi connectivity index (χ3v) is 3.75. The number of nitrogens with zero attached hydrogens (tertiary/aromatic N) is 2. The van der Waals surface area contributed by atoms with E-state index in [2.05, 4.69) is 0 Å². The summed E-state index contributed by atoms with van der Waals surface area (Å²) < 4.78 is 5.31. The molecule has 0 aromatic rings. The van der Waals surface area contributed by atoms with Gasteiger partial charge in [-0.15, -0.1) is 0 Å². The molecule has 19 heavy (non-hydrogen) atoms. The topological polar surface area (TPSA) is 70.1 Å². The van der Waals surface area contributed by atoms with Crippen molar-refractivity contribution in [3.8, 4) is 0 Å². The fourth-order valence-electron chi connectivity index (χ4n) is 2.58. The number of amides is 1. The van der Waals surface area contributed by atoms with Gasteiger partial charge in [-0.25, -0.2) is 0 Å². The Morgan fingerprint density at radius 1 is 1.42 bits per heavy atom. The largest absolute Gasteiger partial charge is 0.481 e. The fourth-order valence-corrected chi connectivity index (χ4v) is 2.58. The highest BCUT2D eigenvalue weighted by molar-refractivity contribution is 5.79. The van der Waals surface area contributed by atoms with Crippen molar-refractivity contribution in [1.82, 2.24) is 9.80 Å². The molecule has 1 unspecified atom stereocenters. The van der Waals surface area contributed by atoms with Crippen molar-refractivity contribution in [1.29, 1.82) is 0 Å². The Kier molecular flexibility index (Phi) is 4.76. The highest BCUT2D eigenvalue weighted by atomic mass is 16.5. The number of carboxylic acids is 1. The Morgan fingerprint density at radius 2 is 2.16 bits per heavy atom. The molecule has 0 aromatic carbocycles. The molecular weight excluding hydrogens is 248 g/mol. The highest BCUT2D eigenvalue weighted by Gasteiger charge is 2.34. The Morgan fingerprint density at radius 3 is 2.74 bits per heavy atom. The van der Waals surface area contributed by atoms with Crippen LogP contribution < -0.4 is 0 Å². The van der Waals surface area contributed by atoms with E-state index >= 15 is 0 Å². The quantitative estimate of drug-likeness (QED) is 0.745. The normalized spacial score (nSPS) is 24.2. The molecule has 2 fully saturated rings. The van der Waals surface area contributed by atoms with Gasteiger partial charge in [-0.3, -0.25) is 14.5 Å². The summed E-state index contributed by atoms with van der Waals surface area (Å²) in [4.78, 5) is 26.9. The lowest BCUT2D eigenvalue weighted by Gasteiger charge is -2.35. The minimum atomic E-state index is -0.845. The van der Waals surface area contributed by atoms with E-state index in [9.17, 15) is 9.59 Å². The van der Waals surface area contributed by atoms with Gasteiger partial charge in [0, 0.05) is 25.2 Å². The zero-order chi connectivity index (χ0) is 13.8. The third-order valence-electron chi connectivity index (χ3n) is 3.75. The Bertz CT molecular complexity index is 344. The van der Waals surface area contributed by atoms with Crippen LogP contribution in [0.25, 0.3) is 0 Å². The number of carbonyl (C=O) groups is 2. The lowest BCUT2D eigenvalue weighted by atomic mass is 10.1. The summed E-state index contributed by atoms with van der Waals surface area (Å²) in [5, 5.41) is 8.89. The van der Waals surface area contributed by atoms with Crippen LogP contribution in [0.2, 0.25) is 0 Å². The molecule has 0 aromatic heterocycles. The molecule has 1 atom stereocenters. The number of rotatable bonds is 6. The van der Waals surface area contributed by atoms with E-state index in [1.165, 1.54) is 0 Å². The van der Waals surface area contributed by atoms with E-state index in [0.717, 1.165) is 19.4 Å². The molecule has 108 valence electrons. The first-order valence-corrected chi connectivity index (χ1v) is 6.95. The molecule has 1 saturated heterocycles. The Balaban J connectivity index is 1.90. The summed E-state index contributed by atoms with van der Waals surface area (Å²) in [6.45, 7) is 4.63. The maximum absolute atomic E-state index is 12.3. The summed E-state index contributed by atoms with van der Waals surface area (Å²) in [5.41, 5.74) is 0. The molecule has 6 nitrogen and oxygen atoms in total. The average molecular weight is 270 g/mol. The summed E-state index contributed by atoms with van der Waals surface area (Å²) in [6, 6.07) is 0.226. The number of hydrogen-bond donors (Lipinski definition) is 1. The summed E-state index contributed by atoms with van der Waals surface area (Å²) in [5.74, 6) is -0.732. The van der Waals surface area contributed by atoms with Crippen LogP contribution in [-0.4, -0.2) is 71.7 Å². The molecule has 6 heteroatoms. The lowest BCUT2D eigenvalue weighted by molar-refractivity contribution is -0.143. The van der Waals surface area contributed by atoms with Gasteiger partial charge in [-0.05, 0) is 19.8 Å². The first-order valence-electron chi connectivity index (χ1n) is 6.95. The number of aliphatic carboxylic acids is 1. The highest BCUT2D eigenvalue weighted by Crippen LogP contribution is 2.26. The maximum Gasteiger partial charge on any atom is 0.305 e. The molecule has 1 aliphatic carbocycles. The van der Waals surface area contributed by atoms with Crippen LogP contribution in [0.5, 0.6) is 0 Å². The smallest absolute Gasteiger partial charge is 0.305 e. The Hall–Kier alpha value is -1.14. The molecule has 0 bridgehead atoms. The van der Waals surface area contributed by atoms with Crippen molar-refractivity contribution in [2.75, 3.05) is 32.8 Å². The number of morpholine rings is 1. The first kappa shape index (κ1) is 14.3. The second-order valence-corrected chi connectivity index (χ2v) is 5.21. The second kappa shape index (κ2) is 6.34. The number of hydrogen-bond acceptors (Lipinski definition) is 4. The van der Waals surface area contributed by atoms with Crippen molar-refractivity contribution < 1.29 is 19.4 Å². The van der Waals surface area contributed by atoms with Crippen LogP contribution in [0, 0.1) is 0 Å². The number of carboxylic acid groups (broad SMARTS) is 1. The van der Waals surface area contributed by atoms with Crippen LogP contribution in [0.1, 0.15) is 26.2 Å². The number of ether oxygens (including phenoxy) is 1. The van der Waals surface area contributed by atoms with Gasteiger partial charge in [0.25, 0.3) is 0 Å². The summed E-state index contributed by atoms with van der Waals surface area (Å²) >= 11 is 0. The van der Waals surface area contributed by atoms with Gasteiger partial charge in [0.05, 0.1) is 26.2 Å². The first-order chi connectivity index (χ1) is 9.11. The zero-order valence-electron chi connectivity index (χ0n) is 11.4. The summed E-state index contributed by atoms with van der Waals surface area (Å²) in [7, 11) is 0. The van der Waals surface area contributed by atoms with Crippen molar-refractivity contribution in [3.05, 3.63) is 0 Å². The summed E-state index contributed by atoms with van der Waals surface area (Å²) in [6.07, 6.45) is 2.23. The molecule has 1 aliphatic heterocycles. The maximum atomic E-state index is 12.3. The van der Waals surface area contributed by atoms with Gasteiger partial charge in [0.1, 0.15) is 0 Å². The van der Waals surface area contributed by atoms with Gasteiger partial charge in [0.15, 0.2) is 0 Å². The van der Waals surface area contributed by atoms with E-state index in [1.54, 1.807) is 0 Å². The molecule has 0 radical (unpaired) electrons. The van der Waals surface area contributed by atoms with Crippen LogP contribution in [0.4, 0.5) is 0 Å². The lowest BCUT2D eigenvalue weighted by Crippen LogP contribution is -2.51. The monoisotopic (exact) mass is 270 g/mol. The van der Waals surface area contributed by atoms with Crippen LogP contribution in [-0.2, 0) is 14.3 Å². The van der Waals surface area contributed by atoms with Gasteiger partial charge in [-0.2, -0.15) is 0 Å². The average Bonchev–Trinajstić information content (AvgIpc) is 3.16. The fraction of sp³-hybridized carbons (Fsp3) is 0.846. The SMILES string of the molecule is CCN(C(=O)CN1CCOCC1CC(=O)O)C1CC1. The molecule has 1 N–H and O–H groups in total. The Labute approximate surface area is 113 Å². The molecule has 2 aliphatic rings. The predicted molar refractivity (Wildman–Crippen MR) is 68.8 cm³/mol. The van der Waals surface area contributed by atoms with Crippen LogP contribution >= 0.6 is 0 Å². The van der Waals surface area contributed by atoms with Gasteiger partial charge < -0.3 is 14.7 Å². The minimum Gasteiger partial charge on any atom is -0.481 e. The minimum absolute atomic E-state index is 0.0306. The van der Waals surface area contributed by atoms with Crippen molar-refractivity contribution in [2.24, 2.45) is 0 Å². The van der Waals surface area contributed by atoms with E-state index in [0.29, 0.717) is 32.3 Å². The van der Waals surface area contributed by atoms with E-state index in [1.807, 2.05) is 16.7 Å². The zero-order valence-corrected chi connectivity index (χ0v) is 11.4. The van der Waals surface area contributed by atoms with Crippen LogP contribution in [0.15, 0.2) is 0 Å². The van der Waals surface area contributed by atoms with Crippen molar-refractivity contribution >= 4 is 11.9 Å². The van der Waals surface area contributed by atoms with Crippen molar-refractivity contribution in [2.45, 2.75) is 38.3 Å². The molecule has 1 heterocycles. The third kappa shape index (κ3) is 3.91. The van der Waals surface area contributed by atoms with Gasteiger partial charge >= 0.3 is 5.97 Å². The molecule has 0 spiro atoms. The van der Waals surface area contributed by atoms with Crippen LogP contribution in [0.3, 0.4) is 0 Å². The predicted octanol–water partition coefficient (Wildman–Crippen LogP) is 0.173. The molecule has 1 saturated carbocycles. The second-order valence-electron chi connectivity index (χ2n) is 5.21. The van der Waals surface area contributed by atoms with Gasteiger partial charge in [0.2, 0.25) is 5.91 Å². The standard InChI is InChI=1S/C13H22N2O4/c1-2-15(10-3-4-10)12(16)8-14-5-6-19-9-11(14)7-13(17)18/h10-11H,2-9H2,1H3,(H,17,18). The van der Waals surface area contributed by atoms with Gasteiger partial charge in [-0.1, -0.05) is 0 Å². The molecule has 2 rings (SSSR count).